The van der Waals surface area contributed by atoms with Crippen molar-refractivity contribution in [3.05, 3.63) is 23.8 Å². The topological polar surface area (TPSA) is 23.5 Å². The minimum Gasteiger partial charge on any atom is -0.392 e. The molecule has 1 rings (SSSR count). The molecule has 0 spiro atoms. The van der Waals surface area contributed by atoms with Crippen LogP contribution in [0.5, 0.6) is 0 Å². The van der Waals surface area contributed by atoms with E-state index in [-0.39, 0.29) is 6.10 Å². The van der Waals surface area contributed by atoms with Gasteiger partial charge in [0.05, 0.1) is 6.10 Å². The standard InChI is InChI=1S/C13H23NO/c1-11(2)5-4-6-12(3)9-14-8-7-13(15)10-14/h4-6,11,13,15H,7-10H2,1-3H3. The first-order valence-electron chi connectivity index (χ1n) is 5.82. The van der Waals surface area contributed by atoms with Crippen molar-refractivity contribution >= 4 is 0 Å². The zero-order chi connectivity index (χ0) is 11.3. The lowest BCUT2D eigenvalue weighted by atomic mass is 10.2. The minimum atomic E-state index is -0.107. The molecule has 1 heterocycles. The van der Waals surface area contributed by atoms with Gasteiger partial charge in [0.15, 0.2) is 0 Å². The van der Waals surface area contributed by atoms with E-state index in [1.54, 1.807) is 0 Å². The summed E-state index contributed by atoms with van der Waals surface area (Å²) in [5.74, 6) is 0.614. The molecule has 1 saturated heterocycles. The highest BCUT2D eigenvalue weighted by molar-refractivity contribution is 5.12. The van der Waals surface area contributed by atoms with Crippen LogP contribution in [0.15, 0.2) is 23.8 Å². The van der Waals surface area contributed by atoms with Gasteiger partial charge >= 0.3 is 0 Å². The largest absolute Gasteiger partial charge is 0.392 e. The van der Waals surface area contributed by atoms with Crippen molar-refractivity contribution in [1.29, 1.82) is 0 Å². The van der Waals surface area contributed by atoms with Crippen LogP contribution < -0.4 is 0 Å². The van der Waals surface area contributed by atoms with Crippen LogP contribution >= 0.6 is 0 Å². The molecule has 0 aromatic rings. The normalized spacial score (nSPS) is 24.6. The van der Waals surface area contributed by atoms with Crippen LogP contribution in [0, 0.1) is 5.92 Å². The van der Waals surface area contributed by atoms with Crippen molar-refractivity contribution in [1.82, 2.24) is 4.90 Å². The molecule has 2 nitrogen and oxygen atoms in total. The van der Waals surface area contributed by atoms with E-state index in [1.807, 2.05) is 0 Å². The Morgan fingerprint density at radius 3 is 2.80 bits per heavy atom. The van der Waals surface area contributed by atoms with Crippen molar-refractivity contribution < 1.29 is 5.11 Å². The summed E-state index contributed by atoms with van der Waals surface area (Å²) in [6, 6.07) is 0. The monoisotopic (exact) mass is 209 g/mol. The fraction of sp³-hybridized carbons (Fsp3) is 0.692. The Kier molecular flexibility index (Phi) is 5.06. The van der Waals surface area contributed by atoms with Crippen molar-refractivity contribution in [2.45, 2.75) is 33.3 Å². The quantitative estimate of drug-likeness (QED) is 0.718. The number of aliphatic hydroxyl groups excluding tert-OH is 1. The summed E-state index contributed by atoms with van der Waals surface area (Å²) in [5, 5.41) is 9.39. The lowest BCUT2D eigenvalue weighted by Gasteiger charge is -2.14. The fourth-order valence-corrected chi connectivity index (χ4v) is 1.80. The van der Waals surface area contributed by atoms with Gasteiger partial charge in [0.1, 0.15) is 0 Å². The third-order valence-corrected chi connectivity index (χ3v) is 2.60. The summed E-state index contributed by atoms with van der Waals surface area (Å²) in [6.45, 7) is 9.35. The van der Waals surface area contributed by atoms with Gasteiger partial charge in [-0.25, -0.2) is 0 Å². The van der Waals surface area contributed by atoms with Crippen LogP contribution in [0.3, 0.4) is 0 Å². The van der Waals surface area contributed by atoms with Gasteiger partial charge in [0.25, 0.3) is 0 Å². The van der Waals surface area contributed by atoms with Gasteiger partial charge in [-0.1, -0.05) is 37.6 Å². The molecular formula is C13H23NO. The van der Waals surface area contributed by atoms with Crippen LogP contribution in [0.4, 0.5) is 0 Å². The van der Waals surface area contributed by atoms with E-state index in [9.17, 15) is 5.11 Å². The molecular weight excluding hydrogens is 186 g/mol. The second-order valence-electron chi connectivity index (χ2n) is 4.82. The first-order valence-corrected chi connectivity index (χ1v) is 5.82. The van der Waals surface area contributed by atoms with Crippen LogP contribution in [0.1, 0.15) is 27.2 Å². The number of allylic oxidation sites excluding steroid dienone is 3. The molecule has 0 radical (unpaired) electrons. The second kappa shape index (κ2) is 6.09. The Balaban J connectivity index is 2.31. The molecule has 1 N–H and O–H groups in total. The Morgan fingerprint density at radius 1 is 1.53 bits per heavy atom. The molecule has 2 heteroatoms. The summed E-state index contributed by atoms with van der Waals surface area (Å²) < 4.78 is 0. The first kappa shape index (κ1) is 12.5. The predicted octanol–water partition coefficient (Wildman–Crippen LogP) is 2.21. The van der Waals surface area contributed by atoms with E-state index in [0.29, 0.717) is 5.92 Å². The average molecular weight is 209 g/mol. The molecule has 1 aliphatic rings. The van der Waals surface area contributed by atoms with Gasteiger partial charge in [-0.3, -0.25) is 4.90 Å². The molecule has 1 aliphatic heterocycles. The molecule has 0 bridgehead atoms. The smallest absolute Gasteiger partial charge is 0.0679 e. The van der Waals surface area contributed by atoms with Crippen LogP contribution in [0.2, 0.25) is 0 Å². The maximum absolute atomic E-state index is 9.39. The summed E-state index contributed by atoms with van der Waals surface area (Å²) >= 11 is 0. The lowest BCUT2D eigenvalue weighted by molar-refractivity contribution is 0.179. The molecule has 0 aliphatic carbocycles. The van der Waals surface area contributed by atoms with E-state index in [0.717, 1.165) is 26.1 Å². The molecule has 1 fully saturated rings. The van der Waals surface area contributed by atoms with Gasteiger partial charge < -0.3 is 5.11 Å². The molecule has 0 saturated carbocycles. The predicted molar refractivity (Wildman–Crippen MR) is 64.8 cm³/mol. The molecule has 0 amide bonds. The number of aliphatic hydroxyl groups is 1. The zero-order valence-corrected chi connectivity index (χ0v) is 10.1. The van der Waals surface area contributed by atoms with Gasteiger partial charge in [-0.2, -0.15) is 0 Å². The Morgan fingerprint density at radius 2 is 2.27 bits per heavy atom. The summed E-state index contributed by atoms with van der Waals surface area (Å²) in [4.78, 5) is 2.31. The van der Waals surface area contributed by atoms with E-state index in [4.69, 9.17) is 0 Å². The second-order valence-corrected chi connectivity index (χ2v) is 4.82. The highest BCUT2D eigenvalue weighted by Crippen LogP contribution is 2.10. The third kappa shape index (κ3) is 5.14. The summed E-state index contributed by atoms with van der Waals surface area (Å²) in [7, 11) is 0. The molecule has 86 valence electrons. The van der Waals surface area contributed by atoms with Crippen LogP contribution in [-0.4, -0.2) is 35.7 Å². The van der Waals surface area contributed by atoms with Gasteiger partial charge in [-0.05, 0) is 19.3 Å². The highest BCUT2D eigenvalue weighted by atomic mass is 16.3. The van der Waals surface area contributed by atoms with Gasteiger partial charge in [0, 0.05) is 19.6 Å². The van der Waals surface area contributed by atoms with Crippen molar-refractivity contribution in [3.8, 4) is 0 Å². The SMILES string of the molecule is CC(=CC=CC(C)C)CN1CCC(O)C1. The number of likely N-dealkylation sites (tertiary alicyclic amines) is 1. The summed E-state index contributed by atoms with van der Waals surface area (Å²) in [6.07, 6.45) is 7.32. The van der Waals surface area contributed by atoms with Crippen molar-refractivity contribution in [3.63, 3.8) is 0 Å². The molecule has 1 unspecified atom stereocenters. The molecule has 0 aromatic heterocycles. The van der Waals surface area contributed by atoms with Gasteiger partial charge in [0.2, 0.25) is 0 Å². The first-order chi connectivity index (χ1) is 7.08. The van der Waals surface area contributed by atoms with Crippen LogP contribution in [-0.2, 0) is 0 Å². The van der Waals surface area contributed by atoms with E-state index in [2.05, 4.69) is 43.9 Å². The van der Waals surface area contributed by atoms with Gasteiger partial charge in [-0.15, -0.1) is 0 Å². The van der Waals surface area contributed by atoms with Crippen molar-refractivity contribution in [2.75, 3.05) is 19.6 Å². The third-order valence-electron chi connectivity index (χ3n) is 2.60. The number of hydrogen-bond acceptors (Lipinski definition) is 2. The molecule has 0 aromatic carbocycles. The summed E-state index contributed by atoms with van der Waals surface area (Å²) in [5.41, 5.74) is 1.36. The minimum absolute atomic E-state index is 0.107. The molecule has 15 heavy (non-hydrogen) atoms. The van der Waals surface area contributed by atoms with E-state index < -0.39 is 0 Å². The average Bonchev–Trinajstić information content (AvgIpc) is 2.50. The number of β-amino-alcohol motifs (C(OH)–C–C–N with tert-alkyl or cyclic N) is 1. The van der Waals surface area contributed by atoms with Crippen LogP contribution in [0.25, 0.3) is 0 Å². The zero-order valence-electron chi connectivity index (χ0n) is 10.1. The Hall–Kier alpha value is -0.600. The van der Waals surface area contributed by atoms with E-state index >= 15 is 0 Å². The Labute approximate surface area is 93.3 Å². The molecule has 1 atom stereocenters. The fourth-order valence-electron chi connectivity index (χ4n) is 1.80. The Bertz CT molecular complexity index is 243. The maximum atomic E-state index is 9.39. The number of nitrogens with zero attached hydrogens (tertiary/aromatic N) is 1. The maximum Gasteiger partial charge on any atom is 0.0679 e. The number of rotatable bonds is 4. The van der Waals surface area contributed by atoms with Crippen molar-refractivity contribution in [2.24, 2.45) is 5.92 Å². The van der Waals surface area contributed by atoms with E-state index in [1.165, 1.54) is 5.57 Å². The highest BCUT2D eigenvalue weighted by Gasteiger charge is 2.19. The number of hydrogen-bond donors (Lipinski definition) is 1. The lowest BCUT2D eigenvalue weighted by Crippen LogP contribution is -2.23.